The van der Waals surface area contributed by atoms with E-state index in [1.54, 1.807) is 12.1 Å². The van der Waals surface area contributed by atoms with Gasteiger partial charge >= 0.3 is 5.97 Å². The molecule has 4 N–H and O–H groups in total. The Morgan fingerprint density at radius 3 is 2.33 bits per heavy atom. The molecule has 0 saturated heterocycles. The van der Waals surface area contributed by atoms with Gasteiger partial charge in [-0.05, 0) is 47.9 Å². The molecule has 0 unspecified atom stereocenters. The molecule has 1 heterocycles. The molecule has 0 atom stereocenters. The summed E-state index contributed by atoms with van der Waals surface area (Å²) in [6, 6.07) is 7.47. The Morgan fingerprint density at radius 2 is 1.70 bits per heavy atom. The van der Waals surface area contributed by atoms with Gasteiger partial charge in [-0.3, -0.25) is 19.2 Å². The molecule has 1 aliphatic rings. The van der Waals surface area contributed by atoms with Gasteiger partial charge in [-0.25, -0.2) is 0 Å². The highest BCUT2D eigenvalue weighted by molar-refractivity contribution is 7.17. The minimum absolute atomic E-state index is 0.00927. The molecule has 1 aliphatic carbocycles. The smallest absolute Gasteiger partial charge is 0.306 e. The molecule has 9 heteroatoms. The van der Waals surface area contributed by atoms with Gasteiger partial charge in [-0.15, -0.1) is 11.3 Å². The van der Waals surface area contributed by atoms with Gasteiger partial charge in [0.1, 0.15) is 5.00 Å². The van der Waals surface area contributed by atoms with E-state index in [9.17, 15) is 19.2 Å². The highest BCUT2D eigenvalue weighted by Gasteiger charge is 2.26. The topological polar surface area (TPSA) is 128 Å². The number of hydrogen-bond donors (Lipinski definition) is 3. The third-order valence-electron chi connectivity index (χ3n) is 5.38. The van der Waals surface area contributed by atoms with Crippen molar-refractivity contribution in [2.24, 2.45) is 5.73 Å². The Kier molecular flexibility index (Phi) is 7.53. The van der Waals surface area contributed by atoms with Gasteiger partial charge in [0.15, 0.2) is 6.61 Å². The quantitative estimate of drug-likeness (QED) is 0.508. The van der Waals surface area contributed by atoms with E-state index in [0.29, 0.717) is 16.3 Å². The molecule has 1 aromatic heterocycles. The SMILES string of the molecule is CC(C)(C)c1ccc(NC(=O)COC(=O)CCC(=O)Nc2sc3c(c2C(N)=O)CCC3)cc1. The number of anilines is 2. The number of carbonyl (C=O) groups excluding carboxylic acids is 4. The minimum atomic E-state index is -0.660. The van der Waals surface area contributed by atoms with Crippen LogP contribution in [-0.4, -0.2) is 30.3 Å². The number of benzene rings is 1. The molecule has 2 aromatic rings. The van der Waals surface area contributed by atoms with Crippen LogP contribution in [0.5, 0.6) is 0 Å². The first kappa shape index (κ1) is 24.4. The summed E-state index contributed by atoms with van der Waals surface area (Å²) in [6.07, 6.45) is 2.30. The van der Waals surface area contributed by atoms with E-state index < -0.39 is 30.3 Å². The summed E-state index contributed by atoms with van der Waals surface area (Å²) in [5.41, 5.74) is 8.53. The van der Waals surface area contributed by atoms with Crippen LogP contribution >= 0.6 is 11.3 Å². The van der Waals surface area contributed by atoms with Crippen molar-refractivity contribution < 1.29 is 23.9 Å². The van der Waals surface area contributed by atoms with Crippen LogP contribution in [0.15, 0.2) is 24.3 Å². The van der Waals surface area contributed by atoms with Gasteiger partial charge < -0.3 is 21.1 Å². The molecule has 0 aliphatic heterocycles. The second kappa shape index (κ2) is 10.2. The van der Waals surface area contributed by atoms with Crippen molar-refractivity contribution in [3.63, 3.8) is 0 Å². The van der Waals surface area contributed by atoms with Gasteiger partial charge in [0.05, 0.1) is 12.0 Å². The highest BCUT2D eigenvalue weighted by atomic mass is 32.1. The number of hydrogen-bond acceptors (Lipinski definition) is 6. The normalized spacial score (nSPS) is 12.7. The summed E-state index contributed by atoms with van der Waals surface area (Å²) in [7, 11) is 0. The molecule has 0 radical (unpaired) electrons. The summed E-state index contributed by atoms with van der Waals surface area (Å²) in [6.45, 7) is 5.86. The maximum Gasteiger partial charge on any atom is 0.306 e. The van der Waals surface area contributed by atoms with Crippen LogP contribution in [0.3, 0.4) is 0 Å². The summed E-state index contributed by atoms with van der Waals surface area (Å²) >= 11 is 1.35. The van der Waals surface area contributed by atoms with E-state index in [4.69, 9.17) is 10.5 Å². The van der Waals surface area contributed by atoms with Crippen molar-refractivity contribution in [2.75, 3.05) is 17.2 Å². The van der Waals surface area contributed by atoms with Crippen LogP contribution in [0.25, 0.3) is 0 Å². The minimum Gasteiger partial charge on any atom is -0.456 e. The largest absolute Gasteiger partial charge is 0.456 e. The fourth-order valence-electron chi connectivity index (χ4n) is 3.63. The number of nitrogens with one attached hydrogen (secondary N) is 2. The Labute approximate surface area is 196 Å². The van der Waals surface area contributed by atoms with Gasteiger partial charge in [0.2, 0.25) is 5.91 Å². The van der Waals surface area contributed by atoms with Crippen molar-refractivity contribution in [1.82, 2.24) is 0 Å². The molecular formula is C24H29N3O5S. The second-order valence-electron chi connectivity index (χ2n) is 9.01. The number of fused-ring (bicyclic) bond motifs is 1. The van der Waals surface area contributed by atoms with Crippen LogP contribution < -0.4 is 16.4 Å². The average Bonchev–Trinajstić information content (AvgIpc) is 3.31. The van der Waals surface area contributed by atoms with Gasteiger partial charge in [-0.2, -0.15) is 0 Å². The Bertz CT molecular complexity index is 1070. The monoisotopic (exact) mass is 471 g/mol. The van der Waals surface area contributed by atoms with E-state index in [-0.39, 0.29) is 18.3 Å². The zero-order valence-corrected chi connectivity index (χ0v) is 19.9. The summed E-state index contributed by atoms with van der Waals surface area (Å²) in [4.78, 5) is 49.1. The molecule has 1 aromatic carbocycles. The molecule has 176 valence electrons. The highest BCUT2D eigenvalue weighted by Crippen LogP contribution is 2.38. The Hall–Kier alpha value is -3.20. The number of thiophene rings is 1. The molecule has 33 heavy (non-hydrogen) atoms. The third kappa shape index (κ3) is 6.41. The van der Waals surface area contributed by atoms with Crippen molar-refractivity contribution in [3.05, 3.63) is 45.8 Å². The van der Waals surface area contributed by atoms with Crippen LogP contribution in [0.1, 0.15) is 66.4 Å². The fraction of sp³-hybridized carbons (Fsp3) is 0.417. The van der Waals surface area contributed by atoms with Gasteiger partial charge in [0.25, 0.3) is 11.8 Å². The Morgan fingerprint density at radius 1 is 1.00 bits per heavy atom. The Balaban J connectivity index is 1.42. The second-order valence-corrected chi connectivity index (χ2v) is 10.1. The van der Waals surface area contributed by atoms with E-state index >= 15 is 0 Å². The molecule has 0 saturated carbocycles. The maximum absolute atomic E-state index is 12.3. The molecule has 0 fully saturated rings. The van der Waals surface area contributed by atoms with E-state index in [1.165, 1.54) is 11.3 Å². The van der Waals surface area contributed by atoms with Crippen molar-refractivity contribution in [2.45, 2.75) is 58.3 Å². The van der Waals surface area contributed by atoms with E-state index in [1.807, 2.05) is 12.1 Å². The molecule has 3 rings (SSSR count). The third-order valence-corrected chi connectivity index (χ3v) is 6.58. The number of esters is 1. The number of ether oxygens (including phenoxy) is 1. The van der Waals surface area contributed by atoms with Crippen LogP contribution in [0.2, 0.25) is 0 Å². The fourth-order valence-corrected chi connectivity index (χ4v) is 4.94. The number of primary amides is 1. The summed E-state index contributed by atoms with van der Waals surface area (Å²) in [5.74, 6) is -2.11. The number of nitrogens with two attached hydrogens (primary N) is 1. The van der Waals surface area contributed by atoms with Crippen molar-refractivity contribution in [3.8, 4) is 0 Å². The zero-order chi connectivity index (χ0) is 24.2. The van der Waals surface area contributed by atoms with Crippen molar-refractivity contribution >= 4 is 45.7 Å². The first-order valence-corrected chi connectivity index (χ1v) is 11.7. The first-order chi connectivity index (χ1) is 15.5. The van der Waals surface area contributed by atoms with Crippen LogP contribution in [0, 0.1) is 0 Å². The number of rotatable bonds is 8. The lowest BCUT2D eigenvalue weighted by molar-refractivity contribution is -0.147. The predicted octanol–water partition coefficient (Wildman–Crippen LogP) is 3.53. The predicted molar refractivity (Wildman–Crippen MR) is 127 cm³/mol. The molecule has 8 nitrogen and oxygen atoms in total. The van der Waals surface area contributed by atoms with Crippen LogP contribution in [-0.2, 0) is 37.4 Å². The molecule has 0 bridgehead atoms. The molecule has 0 spiro atoms. The first-order valence-electron chi connectivity index (χ1n) is 10.8. The molecular weight excluding hydrogens is 442 g/mol. The van der Waals surface area contributed by atoms with Crippen LogP contribution in [0.4, 0.5) is 10.7 Å². The summed E-state index contributed by atoms with van der Waals surface area (Å²) < 4.78 is 4.96. The van der Waals surface area contributed by atoms with E-state index in [0.717, 1.165) is 35.3 Å². The summed E-state index contributed by atoms with van der Waals surface area (Å²) in [5, 5.41) is 5.78. The lowest BCUT2D eigenvalue weighted by Gasteiger charge is -2.19. The average molecular weight is 472 g/mol. The standard InChI is InChI=1S/C24H29N3O5S/c1-24(2,3)14-7-9-15(10-8-14)26-19(29)13-32-20(30)12-11-18(28)27-23-21(22(25)31)16-5-4-6-17(16)33-23/h7-10H,4-6,11-13H2,1-3H3,(H2,25,31)(H,26,29)(H,27,28). The molecule has 3 amide bonds. The lowest BCUT2D eigenvalue weighted by atomic mass is 9.87. The van der Waals surface area contributed by atoms with E-state index in [2.05, 4.69) is 31.4 Å². The number of aryl methyl sites for hydroxylation is 1. The number of amides is 3. The number of carbonyl (C=O) groups is 4. The zero-order valence-electron chi connectivity index (χ0n) is 19.1. The lowest BCUT2D eigenvalue weighted by Crippen LogP contribution is -2.22. The maximum atomic E-state index is 12.3. The van der Waals surface area contributed by atoms with Crippen molar-refractivity contribution in [1.29, 1.82) is 0 Å². The van der Waals surface area contributed by atoms with Gasteiger partial charge in [-0.1, -0.05) is 32.9 Å². The van der Waals surface area contributed by atoms with Gasteiger partial charge in [0, 0.05) is 17.0 Å².